The number of pyridine rings is 1. The Morgan fingerprint density at radius 3 is 2.59 bits per heavy atom. The number of rotatable bonds is 4. The van der Waals surface area contributed by atoms with Crippen molar-refractivity contribution in [3.8, 4) is 5.75 Å². The number of thioether (sulfide) groups is 1. The average molecular weight is 408 g/mol. The number of aliphatic imine (C=N–C) groups is 1. The van der Waals surface area contributed by atoms with E-state index < -0.39 is 0 Å². The van der Waals surface area contributed by atoms with Crippen molar-refractivity contribution in [3.05, 3.63) is 63.8 Å². The van der Waals surface area contributed by atoms with Crippen LogP contribution in [0, 0.1) is 13.8 Å². The number of aryl methyl sites for hydroxylation is 2. The first kappa shape index (κ1) is 19.7. The van der Waals surface area contributed by atoms with Gasteiger partial charge in [-0.15, -0.1) is 0 Å². The van der Waals surface area contributed by atoms with Gasteiger partial charge in [-0.25, -0.2) is 0 Å². The maximum absolute atomic E-state index is 12.4. The van der Waals surface area contributed by atoms with Gasteiger partial charge in [0.05, 0.1) is 10.6 Å². The van der Waals surface area contributed by atoms with Crippen molar-refractivity contribution in [2.45, 2.75) is 39.7 Å². The summed E-state index contributed by atoms with van der Waals surface area (Å²) in [5, 5.41) is 0.852. The highest BCUT2D eigenvalue weighted by Gasteiger charge is 2.27. The van der Waals surface area contributed by atoms with E-state index in [1.165, 1.54) is 31.0 Å². The number of nitrogens with zero attached hydrogens (tertiary/aromatic N) is 3. The number of hydrogen-bond acceptors (Lipinski definition) is 5. The Balaban J connectivity index is 1.47. The van der Waals surface area contributed by atoms with Crippen LogP contribution >= 0.6 is 11.8 Å². The molecule has 0 aliphatic carbocycles. The van der Waals surface area contributed by atoms with E-state index in [0.717, 1.165) is 46.4 Å². The molecule has 2 aliphatic heterocycles. The minimum Gasteiger partial charge on any atom is -0.487 e. The molecule has 0 N–H and O–H groups in total. The fourth-order valence-corrected chi connectivity index (χ4v) is 4.66. The largest absolute Gasteiger partial charge is 0.487 e. The van der Waals surface area contributed by atoms with Gasteiger partial charge in [-0.2, -0.15) is 4.99 Å². The van der Waals surface area contributed by atoms with Gasteiger partial charge < -0.3 is 9.64 Å². The number of amidine groups is 1. The number of benzene rings is 1. The summed E-state index contributed by atoms with van der Waals surface area (Å²) in [6.07, 6.45) is 7.31. The van der Waals surface area contributed by atoms with Gasteiger partial charge in [0.2, 0.25) is 0 Å². The molecule has 2 aromatic rings. The third-order valence-electron chi connectivity index (χ3n) is 5.11. The molecule has 0 atom stereocenters. The predicted octanol–water partition coefficient (Wildman–Crippen LogP) is 4.73. The Morgan fingerprint density at radius 2 is 1.90 bits per heavy atom. The van der Waals surface area contributed by atoms with Crippen molar-refractivity contribution in [3.63, 3.8) is 0 Å². The molecule has 6 heteroatoms. The molecule has 1 amide bonds. The SMILES string of the molecule is Cc1cc(C=C2SC(N3CCCCC3)=NC2=O)cc(C)c1OCc1ccccn1. The van der Waals surface area contributed by atoms with Crippen molar-refractivity contribution in [1.82, 2.24) is 9.88 Å². The summed E-state index contributed by atoms with van der Waals surface area (Å²) in [6, 6.07) is 9.91. The number of carbonyl (C=O) groups is 1. The smallest absolute Gasteiger partial charge is 0.286 e. The molecule has 4 rings (SSSR count). The maximum atomic E-state index is 12.4. The highest BCUT2D eigenvalue weighted by Crippen LogP contribution is 2.33. The summed E-state index contributed by atoms with van der Waals surface area (Å²) in [5.74, 6) is 0.731. The fourth-order valence-electron chi connectivity index (χ4n) is 3.69. The Kier molecular flexibility index (Phi) is 6.00. The molecular formula is C23H25N3O2S. The summed E-state index contributed by atoms with van der Waals surface area (Å²) in [5.41, 5.74) is 3.98. The Morgan fingerprint density at radius 1 is 1.14 bits per heavy atom. The molecule has 1 fully saturated rings. The first-order valence-electron chi connectivity index (χ1n) is 10.0. The van der Waals surface area contributed by atoms with Gasteiger partial charge in [0, 0.05) is 19.3 Å². The van der Waals surface area contributed by atoms with Crippen LogP contribution in [-0.2, 0) is 11.4 Å². The van der Waals surface area contributed by atoms with E-state index in [0.29, 0.717) is 11.5 Å². The number of aromatic nitrogens is 1. The average Bonchev–Trinajstić information content (AvgIpc) is 3.09. The number of piperidine rings is 1. The molecule has 0 spiro atoms. The second-order valence-corrected chi connectivity index (χ2v) is 8.46. The molecule has 1 saturated heterocycles. The summed E-state index contributed by atoms with van der Waals surface area (Å²) in [7, 11) is 0. The lowest BCUT2D eigenvalue weighted by Crippen LogP contribution is -2.33. The lowest BCUT2D eigenvalue weighted by Gasteiger charge is -2.27. The van der Waals surface area contributed by atoms with E-state index >= 15 is 0 Å². The minimum atomic E-state index is -0.138. The highest BCUT2D eigenvalue weighted by molar-refractivity contribution is 8.18. The van der Waals surface area contributed by atoms with Crippen LogP contribution in [0.25, 0.3) is 6.08 Å². The van der Waals surface area contributed by atoms with Gasteiger partial charge in [-0.1, -0.05) is 6.07 Å². The number of amides is 1. The van der Waals surface area contributed by atoms with Crippen LogP contribution in [0.5, 0.6) is 5.75 Å². The Bertz CT molecular complexity index is 940. The highest BCUT2D eigenvalue weighted by atomic mass is 32.2. The van der Waals surface area contributed by atoms with E-state index in [-0.39, 0.29) is 5.91 Å². The van der Waals surface area contributed by atoms with E-state index in [1.54, 1.807) is 6.20 Å². The molecule has 5 nitrogen and oxygen atoms in total. The normalized spacial score (nSPS) is 18.3. The second kappa shape index (κ2) is 8.82. The zero-order chi connectivity index (χ0) is 20.2. The van der Waals surface area contributed by atoms with Crippen molar-refractivity contribution < 1.29 is 9.53 Å². The van der Waals surface area contributed by atoms with E-state index in [1.807, 2.05) is 38.1 Å². The zero-order valence-electron chi connectivity index (χ0n) is 16.9. The standard InChI is InChI=1S/C23H25N3O2S/c1-16-12-18(13-17(2)21(16)28-15-19-8-4-5-9-24-19)14-20-22(27)25-23(29-20)26-10-6-3-7-11-26/h4-5,8-9,12-14H,3,6-7,10-11,15H2,1-2H3. The monoisotopic (exact) mass is 407 g/mol. The quantitative estimate of drug-likeness (QED) is 0.686. The van der Waals surface area contributed by atoms with Crippen LogP contribution in [0.1, 0.15) is 41.6 Å². The molecule has 2 aliphatic rings. The fraction of sp³-hybridized carbons (Fsp3) is 0.348. The molecule has 3 heterocycles. The van der Waals surface area contributed by atoms with Gasteiger partial charge in [0.25, 0.3) is 5.91 Å². The molecule has 0 bridgehead atoms. The van der Waals surface area contributed by atoms with Crippen molar-refractivity contribution in [1.29, 1.82) is 0 Å². The lowest BCUT2D eigenvalue weighted by atomic mass is 10.1. The first-order valence-corrected chi connectivity index (χ1v) is 10.8. The third kappa shape index (κ3) is 4.70. The van der Waals surface area contributed by atoms with Gasteiger partial charge in [0.1, 0.15) is 12.4 Å². The third-order valence-corrected chi connectivity index (χ3v) is 6.15. The molecule has 0 saturated carbocycles. The Labute approximate surface area is 175 Å². The van der Waals surface area contributed by atoms with Gasteiger partial charge in [0.15, 0.2) is 5.17 Å². The van der Waals surface area contributed by atoms with Crippen molar-refractivity contribution in [2.24, 2.45) is 4.99 Å². The summed E-state index contributed by atoms with van der Waals surface area (Å²) in [4.78, 5) is 23.9. The zero-order valence-corrected chi connectivity index (χ0v) is 17.7. The summed E-state index contributed by atoms with van der Waals surface area (Å²) >= 11 is 1.49. The van der Waals surface area contributed by atoms with E-state index in [9.17, 15) is 4.79 Å². The lowest BCUT2D eigenvalue weighted by molar-refractivity contribution is -0.113. The summed E-state index contributed by atoms with van der Waals surface area (Å²) < 4.78 is 6.01. The van der Waals surface area contributed by atoms with Crippen LogP contribution < -0.4 is 4.74 Å². The second-order valence-electron chi connectivity index (χ2n) is 7.45. The van der Waals surface area contributed by atoms with Crippen LogP contribution in [0.2, 0.25) is 0 Å². The van der Waals surface area contributed by atoms with Gasteiger partial charge >= 0.3 is 0 Å². The molecule has 1 aromatic heterocycles. The molecule has 150 valence electrons. The van der Waals surface area contributed by atoms with Gasteiger partial charge in [-0.3, -0.25) is 9.78 Å². The van der Waals surface area contributed by atoms with Crippen LogP contribution in [-0.4, -0.2) is 34.0 Å². The molecule has 1 aromatic carbocycles. The van der Waals surface area contributed by atoms with E-state index in [2.05, 4.69) is 27.0 Å². The first-order chi connectivity index (χ1) is 14.1. The molecule has 0 radical (unpaired) electrons. The van der Waals surface area contributed by atoms with Crippen LogP contribution in [0.3, 0.4) is 0 Å². The summed E-state index contributed by atoms with van der Waals surface area (Å²) in [6.45, 7) is 6.48. The number of ether oxygens (including phenoxy) is 1. The van der Waals surface area contributed by atoms with Gasteiger partial charge in [-0.05, 0) is 91.9 Å². The minimum absolute atomic E-state index is 0.138. The topological polar surface area (TPSA) is 54.8 Å². The molecule has 0 unspecified atom stereocenters. The van der Waals surface area contributed by atoms with Crippen LogP contribution in [0.4, 0.5) is 0 Å². The molecule has 29 heavy (non-hydrogen) atoms. The maximum Gasteiger partial charge on any atom is 0.286 e. The van der Waals surface area contributed by atoms with Crippen LogP contribution in [0.15, 0.2) is 46.4 Å². The molecular weight excluding hydrogens is 382 g/mol. The number of hydrogen-bond donors (Lipinski definition) is 0. The Hall–Kier alpha value is -2.60. The van der Waals surface area contributed by atoms with E-state index in [4.69, 9.17) is 4.74 Å². The predicted molar refractivity (Wildman–Crippen MR) is 118 cm³/mol. The van der Waals surface area contributed by atoms with Crippen molar-refractivity contribution >= 4 is 28.9 Å². The number of carbonyl (C=O) groups excluding carboxylic acids is 1. The van der Waals surface area contributed by atoms with Crippen molar-refractivity contribution in [2.75, 3.05) is 13.1 Å². The number of likely N-dealkylation sites (tertiary alicyclic amines) is 1.